The summed E-state index contributed by atoms with van der Waals surface area (Å²) < 4.78 is 86.3. The molecule has 4 aliphatic rings. The van der Waals surface area contributed by atoms with E-state index in [-0.39, 0.29) is 23.1 Å². The highest BCUT2D eigenvalue weighted by molar-refractivity contribution is 7.85. The van der Waals surface area contributed by atoms with Gasteiger partial charge in [0.05, 0.1) is 21.4 Å². The zero-order chi connectivity index (χ0) is 24.0. The van der Waals surface area contributed by atoms with Crippen LogP contribution < -0.4 is 9.47 Å². The molecule has 182 valence electrons. The third-order valence-electron chi connectivity index (χ3n) is 6.99. The van der Waals surface area contributed by atoms with Gasteiger partial charge in [-0.3, -0.25) is 0 Å². The van der Waals surface area contributed by atoms with E-state index < -0.39 is 46.2 Å². The van der Waals surface area contributed by atoms with Crippen molar-refractivity contribution in [3.63, 3.8) is 0 Å². The van der Waals surface area contributed by atoms with E-state index in [0.717, 1.165) is 43.9 Å². The second kappa shape index (κ2) is 8.50. The van der Waals surface area contributed by atoms with Gasteiger partial charge in [0.25, 0.3) is 0 Å². The average Bonchev–Trinajstić information content (AvgIpc) is 2.69. The van der Waals surface area contributed by atoms with Crippen LogP contribution in [0.3, 0.4) is 0 Å². The molecule has 33 heavy (non-hydrogen) atoms. The molecule has 1 aromatic carbocycles. The number of benzene rings is 1. The van der Waals surface area contributed by atoms with Gasteiger partial charge in [0, 0.05) is 11.8 Å². The van der Waals surface area contributed by atoms with Crippen molar-refractivity contribution in [3.8, 4) is 11.5 Å². The monoisotopic (exact) mass is 489 g/mol. The Morgan fingerprint density at radius 2 is 1.73 bits per heavy atom. The molecule has 0 unspecified atom stereocenters. The largest absolute Gasteiger partial charge is 0.748 e. The maximum atomic E-state index is 13.0. The lowest BCUT2D eigenvalue weighted by atomic mass is 9.50. The molecule has 0 N–H and O–H groups in total. The first-order valence-electron chi connectivity index (χ1n) is 10.7. The van der Waals surface area contributed by atoms with Gasteiger partial charge in [-0.15, -0.1) is 13.2 Å². The van der Waals surface area contributed by atoms with Gasteiger partial charge in [-0.05, 0) is 68.2 Å². The Morgan fingerprint density at radius 3 is 2.24 bits per heavy atom. The summed E-state index contributed by atoms with van der Waals surface area (Å²) in [5.74, 6) is -1.43. The van der Waals surface area contributed by atoms with Crippen molar-refractivity contribution in [2.24, 2.45) is 23.7 Å². The zero-order valence-electron chi connectivity index (χ0n) is 17.7. The van der Waals surface area contributed by atoms with Crippen LogP contribution in [0.1, 0.15) is 42.5 Å². The molecule has 7 nitrogen and oxygen atoms in total. The van der Waals surface area contributed by atoms with E-state index in [0.29, 0.717) is 11.8 Å². The van der Waals surface area contributed by atoms with Crippen molar-refractivity contribution in [3.05, 3.63) is 36.4 Å². The fourth-order valence-corrected chi connectivity index (χ4v) is 6.18. The predicted octanol–water partition coefficient (Wildman–Crippen LogP) is 4.05. The Kier molecular flexibility index (Phi) is 6.15. The fraction of sp³-hybridized carbons (Fsp3) is 0.591. The molecular weight excluding hydrogens is 465 g/mol. The summed E-state index contributed by atoms with van der Waals surface area (Å²) in [5.41, 5.74) is -1.04. The van der Waals surface area contributed by atoms with Crippen LogP contribution in [0.25, 0.3) is 0 Å². The first-order valence-corrected chi connectivity index (χ1v) is 12.3. The highest BCUT2D eigenvalue weighted by atomic mass is 32.2. The number of ether oxygens (including phenoxy) is 3. The molecule has 1 aromatic rings. The molecule has 0 atom stereocenters. The number of esters is 1. The Hall–Kier alpha value is -2.27. The SMILES string of the molecule is C=CC1(Oc2cc(C(=O)OCCS(=O)(=O)[O-])ccc2OC(F)(F)F)C2CC3CC(C2)CC1C3. The lowest BCUT2D eigenvalue weighted by Crippen LogP contribution is -2.59. The van der Waals surface area contributed by atoms with E-state index in [1.54, 1.807) is 6.08 Å². The molecule has 0 aliphatic heterocycles. The summed E-state index contributed by atoms with van der Waals surface area (Å²) in [4.78, 5) is 12.3. The van der Waals surface area contributed by atoms with E-state index in [1.807, 2.05) is 0 Å². The molecule has 4 bridgehead atoms. The van der Waals surface area contributed by atoms with E-state index in [1.165, 1.54) is 6.42 Å². The summed E-state index contributed by atoms with van der Waals surface area (Å²) in [7, 11) is -4.59. The topological polar surface area (TPSA) is 102 Å². The number of hydrogen-bond acceptors (Lipinski definition) is 7. The molecular formula is C22H24F3O7S-. The Bertz CT molecular complexity index is 1010. The molecule has 4 saturated carbocycles. The van der Waals surface area contributed by atoms with Crippen LogP contribution >= 0.6 is 0 Å². The highest BCUT2D eigenvalue weighted by Crippen LogP contribution is 2.60. The third kappa shape index (κ3) is 5.13. The smallest absolute Gasteiger partial charge is 0.573 e. The van der Waals surface area contributed by atoms with Crippen LogP contribution in [0.4, 0.5) is 13.2 Å². The van der Waals surface area contributed by atoms with Crippen molar-refractivity contribution in [2.45, 2.75) is 44.1 Å². The van der Waals surface area contributed by atoms with E-state index in [4.69, 9.17) is 9.47 Å². The molecule has 5 rings (SSSR count). The molecule has 0 heterocycles. The minimum Gasteiger partial charge on any atom is -0.748 e. The Morgan fingerprint density at radius 1 is 1.12 bits per heavy atom. The number of halogens is 3. The fourth-order valence-electron chi connectivity index (χ4n) is 5.90. The van der Waals surface area contributed by atoms with Crippen molar-refractivity contribution in [1.82, 2.24) is 0 Å². The second-order valence-electron chi connectivity index (χ2n) is 9.07. The molecule has 11 heteroatoms. The number of alkyl halides is 3. The summed E-state index contributed by atoms with van der Waals surface area (Å²) in [6.45, 7) is 3.26. The van der Waals surface area contributed by atoms with Gasteiger partial charge < -0.3 is 18.8 Å². The Labute approximate surface area is 189 Å². The minimum atomic E-state index is -4.98. The number of hydrogen-bond donors (Lipinski definition) is 0. The van der Waals surface area contributed by atoms with Gasteiger partial charge in [0.1, 0.15) is 12.2 Å². The molecule has 0 aromatic heterocycles. The van der Waals surface area contributed by atoms with Crippen LogP contribution in [0.2, 0.25) is 0 Å². The van der Waals surface area contributed by atoms with Gasteiger partial charge in [-0.2, -0.15) is 0 Å². The van der Waals surface area contributed by atoms with Gasteiger partial charge in [-0.25, -0.2) is 13.2 Å². The maximum Gasteiger partial charge on any atom is 0.573 e. The Balaban J connectivity index is 1.62. The predicted molar refractivity (Wildman–Crippen MR) is 109 cm³/mol. The van der Waals surface area contributed by atoms with Gasteiger partial charge >= 0.3 is 12.3 Å². The van der Waals surface area contributed by atoms with Crippen LogP contribution in [-0.2, 0) is 14.9 Å². The van der Waals surface area contributed by atoms with Gasteiger partial charge in [0.15, 0.2) is 11.5 Å². The standard InChI is InChI=1S/C22H25F3O7S/c1-2-21(16-8-13-7-14(10-16)11-17(21)9-13)31-19-12-15(3-4-18(19)32-22(23,24)25)20(26)30-5-6-33(27,28)29/h2-4,12-14,16-17H,1,5-11H2,(H,27,28,29)/p-1. The number of rotatable bonds is 8. The molecule has 0 saturated heterocycles. The van der Waals surface area contributed by atoms with Crippen molar-refractivity contribution in [2.75, 3.05) is 12.4 Å². The van der Waals surface area contributed by atoms with Crippen LogP contribution in [0, 0.1) is 23.7 Å². The first kappa shape index (κ1) is 23.9. The normalized spacial score (nSPS) is 30.7. The number of carbonyl (C=O) groups is 1. The molecule has 4 aliphatic carbocycles. The third-order valence-corrected chi connectivity index (χ3v) is 7.66. The molecule has 0 radical (unpaired) electrons. The summed E-state index contributed by atoms with van der Waals surface area (Å²) in [6, 6.07) is 3.10. The molecule has 0 spiro atoms. The van der Waals surface area contributed by atoms with E-state index in [9.17, 15) is 30.9 Å². The van der Waals surface area contributed by atoms with Crippen molar-refractivity contribution >= 4 is 16.1 Å². The first-order chi connectivity index (χ1) is 15.4. The lowest BCUT2D eigenvalue weighted by molar-refractivity contribution is -0.275. The van der Waals surface area contributed by atoms with Crippen LogP contribution in [-0.4, -0.2) is 43.3 Å². The minimum absolute atomic E-state index is 0.0999. The maximum absolute atomic E-state index is 13.0. The van der Waals surface area contributed by atoms with Crippen LogP contribution in [0.15, 0.2) is 30.9 Å². The summed E-state index contributed by atoms with van der Waals surface area (Å²) >= 11 is 0. The van der Waals surface area contributed by atoms with Crippen molar-refractivity contribution in [1.29, 1.82) is 0 Å². The van der Waals surface area contributed by atoms with E-state index >= 15 is 0 Å². The van der Waals surface area contributed by atoms with Gasteiger partial charge in [0.2, 0.25) is 0 Å². The zero-order valence-corrected chi connectivity index (χ0v) is 18.5. The van der Waals surface area contributed by atoms with Crippen LogP contribution in [0.5, 0.6) is 11.5 Å². The second-order valence-corrected chi connectivity index (χ2v) is 10.6. The van der Waals surface area contributed by atoms with E-state index in [2.05, 4.69) is 11.3 Å². The average molecular weight is 489 g/mol. The highest BCUT2D eigenvalue weighted by Gasteiger charge is 2.57. The quantitative estimate of drug-likeness (QED) is 0.308. The van der Waals surface area contributed by atoms with Crippen molar-refractivity contribution < 1.29 is 45.1 Å². The van der Waals surface area contributed by atoms with Gasteiger partial charge in [-0.1, -0.05) is 6.58 Å². The lowest BCUT2D eigenvalue weighted by Gasteiger charge is -2.59. The summed E-state index contributed by atoms with van der Waals surface area (Å²) in [5, 5.41) is 0. The number of carbonyl (C=O) groups excluding carboxylic acids is 1. The molecule has 4 fully saturated rings. The molecule has 0 amide bonds. The summed E-state index contributed by atoms with van der Waals surface area (Å²) in [6.07, 6.45) is 1.47.